The van der Waals surface area contributed by atoms with Gasteiger partial charge in [0.1, 0.15) is 5.70 Å². The Morgan fingerprint density at radius 3 is 2.33 bits per heavy atom. The summed E-state index contributed by atoms with van der Waals surface area (Å²) >= 11 is 6.00. The highest BCUT2D eigenvalue weighted by molar-refractivity contribution is 6.31. The van der Waals surface area contributed by atoms with Gasteiger partial charge in [0, 0.05) is 21.7 Å². The fourth-order valence-electron chi connectivity index (χ4n) is 2.90. The molecule has 5 heteroatoms. The molecule has 1 amide bonds. The number of halogens is 1. The van der Waals surface area contributed by atoms with Gasteiger partial charge in [-0.2, -0.15) is 0 Å². The van der Waals surface area contributed by atoms with Gasteiger partial charge in [0.15, 0.2) is 6.23 Å². The molecule has 4 rings (SSSR count). The molecular formula is C22H17ClN2O2. The lowest BCUT2D eigenvalue weighted by Gasteiger charge is -2.13. The third-order valence-corrected chi connectivity index (χ3v) is 4.45. The zero-order valence-electron chi connectivity index (χ0n) is 14.4. The molecule has 0 bridgehead atoms. The zero-order chi connectivity index (χ0) is 18.6. The van der Waals surface area contributed by atoms with E-state index in [2.05, 4.69) is 10.6 Å². The summed E-state index contributed by atoms with van der Waals surface area (Å²) in [7, 11) is 0. The third-order valence-electron chi connectivity index (χ3n) is 4.22. The number of carbonyl (C=O) groups is 1. The van der Waals surface area contributed by atoms with E-state index >= 15 is 0 Å². The van der Waals surface area contributed by atoms with Crippen molar-refractivity contribution in [1.29, 1.82) is 0 Å². The molecule has 2 N–H and O–H groups in total. The second-order valence-electron chi connectivity index (χ2n) is 6.09. The molecule has 4 nitrogen and oxygen atoms in total. The summed E-state index contributed by atoms with van der Waals surface area (Å²) in [6.07, 6.45) is -0.379. The molecule has 3 aromatic rings. The predicted molar refractivity (Wildman–Crippen MR) is 106 cm³/mol. The fourth-order valence-corrected chi connectivity index (χ4v) is 3.09. The van der Waals surface area contributed by atoms with Gasteiger partial charge in [-0.15, -0.1) is 0 Å². The Balaban J connectivity index is 1.64. The molecule has 0 radical (unpaired) electrons. The van der Waals surface area contributed by atoms with E-state index in [-0.39, 0.29) is 12.1 Å². The first-order valence-corrected chi connectivity index (χ1v) is 8.93. The minimum Gasteiger partial charge on any atom is -0.449 e. The van der Waals surface area contributed by atoms with Crippen LogP contribution in [-0.2, 0) is 4.74 Å². The molecule has 134 valence electrons. The molecule has 0 aromatic heterocycles. The Morgan fingerprint density at radius 1 is 0.926 bits per heavy atom. The molecule has 1 unspecified atom stereocenters. The van der Waals surface area contributed by atoms with Crippen molar-refractivity contribution in [2.24, 2.45) is 0 Å². The van der Waals surface area contributed by atoms with E-state index in [1.54, 1.807) is 24.3 Å². The monoisotopic (exact) mass is 376 g/mol. The van der Waals surface area contributed by atoms with Gasteiger partial charge in [0.05, 0.1) is 0 Å². The highest BCUT2D eigenvalue weighted by atomic mass is 35.5. The van der Waals surface area contributed by atoms with Crippen molar-refractivity contribution >= 4 is 23.2 Å². The Labute approximate surface area is 162 Å². The van der Waals surface area contributed by atoms with Gasteiger partial charge in [-0.05, 0) is 18.2 Å². The molecule has 0 saturated heterocycles. The number of nitrogens with one attached hydrogen (secondary N) is 2. The van der Waals surface area contributed by atoms with Gasteiger partial charge in [-0.3, -0.25) is 10.1 Å². The van der Waals surface area contributed by atoms with Crippen molar-refractivity contribution in [3.05, 3.63) is 113 Å². The van der Waals surface area contributed by atoms with E-state index in [0.29, 0.717) is 16.5 Å². The first kappa shape index (κ1) is 17.2. The standard InChI is InChI=1S/C22H17ClN2O2/c23-18-13-7-12-17(14-18)20(26)25-22-19(15-8-3-1-4-9-15)24-21(27-22)16-10-5-2-6-11-16/h1-14,21,24H,(H,25,26). The molecule has 0 spiro atoms. The number of hydrogen-bond donors (Lipinski definition) is 2. The molecule has 0 fully saturated rings. The SMILES string of the molecule is O=C(NC1=C(c2ccccc2)NC(c2ccccc2)O1)c1cccc(Cl)c1. The maximum absolute atomic E-state index is 12.7. The average molecular weight is 377 g/mol. The van der Waals surface area contributed by atoms with E-state index in [0.717, 1.165) is 16.8 Å². The van der Waals surface area contributed by atoms with Crippen LogP contribution in [0.3, 0.4) is 0 Å². The van der Waals surface area contributed by atoms with Gasteiger partial charge >= 0.3 is 0 Å². The van der Waals surface area contributed by atoms with Crippen LogP contribution in [-0.4, -0.2) is 5.91 Å². The largest absolute Gasteiger partial charge is 0.449 e. The van der Waals surface area contributed by atoms with E-state index in [4.69, 9.17) is 16.3 Å². The molecule has 1 aliphatic heterocycles. The van der Waals surface area contributed by atoms with Gasteiger partial charge < -0.3 is 10.1 Å². The zero-order valence-corrected chi connectivity index (χ0v) is 15.1. The van der Waals surface area contributed by atoms with Crippen LogP contribution in [0.4, 0.5) is 0 Å². The lowest BCUT2D eigenvalue weighted by Crippen LogP contribution is -2.24. The minimum absolute atomic E-state index is 0.281. The summed E-state index contributed by atoms with van der Waals surface area (Å²) in [5.41, 5.74) is 3.10. The summed E-state index contributed by atoms with van der Waals surface area (Å²) in [6, 6.07) is 26.3. The van der Waals surface area contributed by atoms with Crippen LogP contribution in [0.5, 0.6) is 0 Å². The first-order valence-electron chi connectivity index (χ1n) is 8.55. The van der Waals surface area contributed by atoms with Gasteiger partial charge in [0.25, 0.3) is 5.91 Å². The summed E-state index contributed by atoms with van der Waals surface area (Å²) in [6.45, 7) is 0. The fraction of sp³-hybridized carbons (Fsp3) is 0.0455. The Bertz CT molecular complexity index is 987. The minimum atomic E-state index is -0.379. The molecule has 1 aliphatic rings. The molecule has 27 heavy (non-hydrogen) atoms. The lowest BCUT2D eigenvalue weighted by molar-refractivity contribution is 0.0851. The Hall–Kier alpha value is -3.24. The van der Waals surface area contributed by atoms with Crippen molar-refractivity contribution in [2.75, 3.05) is 0 Å². The molecule has 3 aromatic carbocycles. The van der Waals surface area contributed by atoms with Crippen LogP contribution in [0.15, 0.2) is 90.8 Å². The van der Waals surface area contributed by atoms with Crippen LogP contribution in [0.2, 0.25) is 5.02 Å². The van der Waals surface area contributed by atoms with E-state index in [9.17, 15) is 4.79 Å². The van der Waals surface area contributed by atoms with Crippen LogP contribution in [0.1, 0.15) is 27.7 Å². The average Bonchev–Trinajstić information content (AvgIpc) is 3.13. The maximum Gasteiger partial charge on any atom is 0.258 e. The van der Waals surface area contributed by atoms with Gasteiger partial charge in [-0.25, -0.2) is 0 Å². The molecular weight excluding hydrogens is 360 g/mol. The van der Waals surface area contributed by atoms with Crippen LogP contribution >= 0.6 is 11.6 Å². The molecule has 0 saturated carbocycles. The number of rotatable bonds is 4. The van der Waals surface area contributed by atoms with Crippen LogP contribution in [0, 0.1) is 0 Å². The van der Waals surface area contributed by atoms with Crippen molar-refractivity contribution in [1.82, 2.24) is 10.6 Å². The number of carbonyl (C=O) groups excluding carboxylic acids is 1. The summed E-state index contributed by atoms with van der Waals surface area (Å²) < 4.78 is 6.04. The second kappa shape index (κ2) is 7.56. The number of ether oxygens (including phenoxy) is 1. The van der Waals surface area contributed by atoms with Crippen molar-refractivity contribution in [3.63, 3.8) is 0 Å². The second-order valence-corrected chi connectivity index (χ2v) is 6.52. The number of benzene rings is 3. The molecule has 1 heterocycles. The van der Waals surface area contributed by atoms with Crippen LogP contribution in [0.25, 0.3) is 5.70 Å². The van der Waals surface area contributed by atoms with Crippen LogP contribution < -0.4 is 10.6 Å². The third kappa shape index (κ3) is 3.81. The number of hydrogen-bond acceptors (Lipinski definition) is 3. The normalized spacial score (nSPS) is 15.8. The Kier molecular flexibility index (Phi) is 4.81. The predicted octanol–water partition coefficient (Wildman–Crippen LogP) is 4.71. The lowest BCUT2D eigenvalue weighted by atomic mass is 10.1. The van der Waals surface area contributed by atoms with Crippen molar-refractivity contribution in [3.8, 4) is 0 Å². The van der Waals surface area contributed by atoms with Gasteiger partial charge in [0.2, 0.25) is 5.88 Å². The van der Waals surface area contributed by atoms with Gasteiger partial charge in [-0.1, -0.05) is 78.3 Å². The van der Waals surface area contributed by atoms with Crippen molar-refractivity contribution < 1.29 is 9.53 Å². The molecule has 0 aliphatic carbocycles. The van der Waals surface area contributed by atoms with Crippen molar-refractivity contribution in [2.45, 2.75) is 6.23 Å². The Morgan fingerprint density at radius 2 is 1.63 bits per heavy atom. The van der Waals surface area contributed by atoms with E-state index in [1.165, 1.54) is 0 Å². The summed E-state index contributed by atoms with van der Waals surface area (Å²) in [4.78, 5) is 12.7. The molecule has 1 atom stereocenters. The smallest absolute Gasteiger partial charge is 0.258 e. The highest BCUT2D eigenvalue weighted by Gasteiger charge is 2.28. The highest BCUT2D eigenvalue weighted by Crippen LogP contribution is 2.31. The topological polar surface area (TPSA) is 50.4 Å². The summed E-state index contributed by atoms with van der Waals surface area (Å²) in [5.74, 6) is 0.108. The summed E-state index contributed by atoms with van der Waals surface area (Å²) in [5, 5.41) is 6.73. The van der Waals surface area contributed by atoms with E-state index in [1.807, 2.05) is 60.7 Å². The number of amides is 1. The maximum atomic E-state index is 12.7. The van der Waals surface area contributed by atoms with E-state index < -0.39 is 0 Å². The first-order chi connectivity index (χ1) is 13.2. The quantitative estimate of drug-likeness (QED) is 0.693.